The summed E-state index contributed by atoms with van der Waals surface area (Å²) in [6.45, 7) is 16.2. The summed E-state index contributed by atoms with van der Waals surface area (Å²) in [6, 6.07) is 0.609. The predicted molar refractivity (Wildman–Crippen MR) is 73.9 cm³/mol. The molecule has 0 aliphatic heterocycles. The Morgan fingerprint density at radius 2 is 1.69 bits per heavy atom. The van der Waals surface area contributed by atoms with Gasteiger partial charge in [-0.1, -0.05) is 41.0 Å². The molecule has 0 radical (unpaired) electrons. The first-order valence-electron chi connectivity index (χ1n) is 7.02. The van der Waals surface area contributed by atoms with E-state index in [1.165, 1.54) is 38.9 Å². The molecule has 2 nitrogen and oxygen atoms in total. The van der Waals surface area contributed by atoms with Gasteiger partial charge in [-0.25, -0.2) is 0 Å². The van der Waals surface area contributed by atoms with E-state index in [2.05, 4.69) is 44.8 Å². The van der Waals surface area contributed by atoms with Gasteiger partial charge in [0.25, 0.3) is 0 Å². The van der Waals surface area contributed by atoms with Crippen LogP contribution in [0, 0.1) is 5.92 Å². The number of hydrogen-bond acceptors (Lipinski definition) is 2. The Balaban J connectivity index is 3.71. The Morgan fingerprint density at radius 1 is 1.00 bits per heavy atom. The van der Waals surface area contributed by atoms with Crippen LogP contribution in [-0.2, 0) is 0 Å². The molecule has 0 aliphatic carbocycles. The quantitative estimate of drug-likeness (QED) is 0.618. The molecule has 0 atom stereocenters. The molecule has 0 saturated carbocycles. The van der Waals surface area contributed by atoms with Gasteiger partial charge in [0.05, 0.1) is 0 Å². The topological polar surface area (TPSA) is 15.3 Å². The number of nitrogens with one attached hydrogen (secondary N) is 1. The normalized spacial score (nSPS) is 12.0. The molecule has 0 aromatic carbocycles. The molecule has 98 valence electrons. The van der Waals surface area contributed by atoms with E-state index in [9.17, 15) is 0 Å². The van der Waals surface area contributed by atoms with E-state index in [1.54, 1.807) is 0 Å². The van der Waals surface area contributed by atoms with E-state index < -0.39 is 0 Å². The Morgan fingerprint density at radius 3 is 2.19 bits per heavy atom. The lowest BCUT2D eigenvalue weighted by Crippen LogP contribution is -2.36. The Bertz CT molecular complexity index is 144. The number of nitrogens with zero attached hydrogens (tertiary/aromatic N) is 1. The van der Waals surface area contributed by atoms with Gasteiger partial charge in [0.15, 0.2) is 0 Å². The SMILES string of the molecule is CCCCN(CCNC(C)C)CCC(C)C. The van der Waals surface area contributed by atoms with Crippen molar-refractivity contribution >= 4 is 0 Å². The minimum absolute atomic E-state index is 0.609. The molecule has 0 bridgehead atoms. The first-order chi connectivity index (χ1) is 7.56. The van der Waals surface area contributed by atoms with Crippen molar-refractivity contribution in [1.82, 2.24) is 10.2 Å². The van der Waals surface area contributed by atoms with Gasteiger partial charge < -0.3 is 10.2 Å². The van der Waals surface area contributed by atoms with Crippen LogP contribution in [0.25, 0.3) is 0 Å². The van der Waals surface area contributed by atoms with Crippen LogP contribution in [0.15, 0.2) is 0 Å². The molecule has 16 heavy (non-hydrogen) atoms. The van der Waals surface area contributed by atoms with Crippen LogP contribution in [0.1, 0.15) is 53.9 Å². The standard InChI is InChI=1S/C14H32N2/c1-6-7-10-16(11-8-13(2)3)12-9-15-14(4)5/h13-15H,6-12H2,1-5H3. The van der Waals surface area contributed by atoms with E-state index in [-0.39, 0.29) is 0 Å². The molecular weight excluding hydrogens is 196 g/mol. The van der Waals surface area contributed by atoms with Gasteiger partial charge in [0.2, 0.25) is 0 Å². The van der Waals surface area contributed by atoms with E-state index in [1.807, 2.05) is 0 Å². The summed E-state index contributed by atoms with van der Waals surface area (Å²) >= 11 is 0. The Kier molecular flexibility index (Phi) is 10.0. The first-order valence-corrected chi connectivity index (χ1v) is 7.02. The summed E-state index contributed by atoms with van der Waals surface area (Å²) in [6.07, 6.45) is 3.96. The van der Waals surface area contributed by atoms with Crippen LogP contribution in [0.3, 0.4) is 0 Å². The van der Waals surface area contributed by atoms with Crippen molar-refractivity contribution < 1.29 is 0 Å². The van der Waals surface area contributed by atoms with Gasteiger partial charge in [0, 0.05) is 19.1 Å². The molecule has 2 heteroatoms. The zero-order valence-corrected chi connectivity index (χ0v) is 12.1. The van der Waals surface area contributed by atoms with Gasteiger partial charge in [0.1, 0.15) is 0 Å². The summed E-state index contributed by atoms with van der Waals surface area (Å²) in [7, 11) is 0. The number of hydrogen-bond donors (Lipinski definition) is 1. The summed E-state index contributed by atoms with van der Waals surface area (Å²) in [5.74, 6) is 0.821. The predicted octanol–water partition coefficient (Wildman–Crippen LogP) is 3.13. The van der Waals surface area contributed by atoms with Gasteiger partial charge in [-0.3, -0.25) is 0 Å². The summed E-state index contributed by atoms with van der Waals surface area (Å²) in [4.78, 5) is 2.61. The molecule has 0 aliphatic rings. The zero-order chi connectivity index (χ0) is 12.4. The third kappa shape index (κ3) is 10.4. The lowest BCUT2D eigenvalue weighted by molar-refractivity contribution is 0.251. The van der Waals surface area contributed by atoms with Crippen LogP contribution in [0.2, 0.25) is 0 Å². The van der Waals surface area contributed by atoms with Crippen molar-refractivity contribution in [2.75, 3.05) is 26.2 Å². The Labute approximate surface area is 103 Å². The molecule has 0 rings (SSSR count). The average Bonchev–Trinajstić information content (AvgIpc) is 2.20. The molecule has 0 aromatic rings. The van der Waals surface area contributed by atoms with E-state index in [4.69, 9.17) is 0 Å². The van der Waals surface area contributed by atoms with Crippen LogP contribution in [-0.4, -0.2) is 37.1 Å². The fourth-order valence-electron chi connectivity index (χ4n) is 1.67. The Hall–Kier alpha value is -0.0800. The van der Waals surface area contributed by atoms with Crippen molar-refractivity contribution in [2.24, 2.45) is 5.92 Å². The van der Waals surface area contributed by atoms with Crippen LogP contribution in [0.4, 0.5) is 0 Å². The zero-order valence-electron chi connectivity index (χ0n) is 12.1. The molecule has 0 heterocycles. The molecule has 0 spiro atoms. The monoisotopic (exact) mass is 228 g/mol. The van der Waals surface area contributed by atoms with Gasteiger partial charge in [-0.2, -0.15) is 0 Å². The molecule has 1 N–H and O–H groups in total. The molecule has 0 amide bonds. The number of unbranched alkanes of at least 4 members (excludes halogenated alkanes) is 1. The summed E-state index contributed by atoms with van der Waals surface area (Å²) in [5, 5.41) is 3.50. The van der Waals surface area contributed by atoms with E-state index in [0.717, 1.165) is 12.5 Å². The van der Waals surface area contributed by atoms with Gasteiger partial charge in [-0.15, -0.1) is 0 Å². The second kappa shape index (κ2) is 10.1. The highest BCUT2D eigenvalue weighted by Gasteiger charge is 2.05. The van der Waals surface area contributed by atoms with E-state index >= 15 is 0 Å². The maximum absolute atomic E-state index is 3.50. The smallest absolute Gasteiger partial charge is 0.0107 e. The molecule has 0 fully saturated rings. The van der Waals surface area contributed by atoms with E-state index in [0.29, 0.717) is 6.04 Å². The highest BCUT2D eigenvalue weighted by molar-refractivity contribution is 4.62. The first kappa shape index (κ1) is 15.9. The van der Waals surface area contributed by atoms with Crippen molar-refractivity contribution in [3.8, 4) is 0 Å². The van der Waals surface area contributed by atoms with Crippen molar-refractivity contribution in [3.63, 3.8) is 0 Å². The van der Waals surface area contributed by atoms with Gasteiger partial charge >= 0.3 is 0 Å². The summed E-state index contributed by atoms with van der Waals surface area (Å²) in [5.41, 5.74) is 0. The minimum atomic E-state index is 0.609. The van der Waals surface area contributed by atoms with Crippen molar-refractivity contribution in [1.29, 1.82) is 0 Å². The molecular formula is C14H32N2. The number of rotatable bonds is 10. The van der Waals surface area contributed by atoms with Crippen LogP contribution in [0.5, 0.6) is 0 Å². The van der Waals surface area contributed by atoms with Crippen LogP contribution < -0.4 is 5.32 Å². The van der Waals surface area contributed by atoms with Gasteiger partial charge in [-0.05, 0) is 31.8 Å². The second-order valence-corrected chi connectivity index (χ2v) is 5.49. The lowest BCUT2D eigenvalue weighted by Gasteiger charge is -2.23. The largest absolute Gasteiger partial charge is 0.313 e. The lowest BCUT2D eigenvalue weighted by atomic mass is 10.1. The fourth-order valence-corrected chi connectivity index (χ4v) is 1.67. The maximum atomic E-state index is 3.50. The maximum Gasteiger partial charge on any atom is 0.0107 e. The highest BCUT2D eigenvalue weighted by atomic mass is 15.1. The highest BCUT2D eigenvalue weighted by Crippen LogP contribution is 2.03. The fraction of sp³-hybridized carbons (Fsp3) is 1.00. The summed E-state index contributed by atoms with van der Waals surface area (Å²) < 4.78 is 0. The molecule has 0 aromatic heterocycles. The third-order valence-corrected chi connectivity index (χ3v) is 2.83. The molecule has 0 unspecified atom stereocenters. The average molecular weight is 228 g/mol. The van der Waals surface area contributed by atoms with Crippen LogP contribution >= 0.6 is 0 Å². The third-order valence-electron chi connectivity index (χ3n) is 2.83. The van der Waals surface area contributed by atoms with Crippen molar-refractivity contribution in [2.45, 2.75) is 59.9 Å². The molecule has 0 saturated heterocycles. The van der Waals surface area contributed by atoms with Crippen molar-refractivity contribution in [3.05, 3.63) is 0 Å². The minimum Gasteiger partial charge on any atom is -0.313 e. The second-order valence-electron chi connectivity index (χ2n) is 5.49.